The molecular weight excluding hydrogens is 521 g/mol. The van der Waals surface area contributed by atoms with Gasteiger partial charge in [-0.25, -0.2) is 27.8 Å². The topological polar surface area (TPSA) is 124 Å². The number of nitrogens with zero attached hydrogens (tertiary/aromatic N) is 8. The molecule has 1 aliphatic carbocycles. The molecule has 5 heterocycles. The first-order valence-electron chi connectivity index (χ1n) is 12.6. The highest BCUT2D eigenvalue weighted by Gasteiger charge is 2.37. The fourth-order valence-corrected chi connectivity index (χ4v) is 5.89. The molecule has 1 atom stereocenters. The Labute approximate surface area is 225 Å². The van der Waals surface area contributed by atoms with Gasteiger partial charge in [-0.1, -0.05) is 11.8 Å². The van der Waals surface area contributed by atoms with E-state index in [2.05, 4.69) is 42.3 Å². The van der Waals surface area contributed by atoms with Crippen LogP contribution in [0.5, 0.6) is 0 Å². The molecule has 13 heteroatoms. The van der Waals surface area contributed by atoms with Crippen molar-refractivity contribution in [3.05, 3.63) is 60.4 Å². The molecule has 0 aromatic carbocycles. The minimum Gasteiger partial charge on any atom is -0.367 e. The highest BCUT2D eigenvalue weighted by Crippen LogP contribution is 2.31. The van der Waals surface area contributed by atoms with Crippen molar-refractivity contribution < 1.29 is 12.8 Å². The minimum atomic E-state index is -3.48. The van der Waals surface area contributed by atoms with Gasteiger partial charge >= 0.3 is 0 Å². The maximum Gasteiger partial charge on any atom is 0.256 e. The summed E-state index contributed by atoms with van der Waals surface area (Å²) in [4.78, 5) is 15.3. The lowest BCUT2D eigenvalue weighted by molar-refractivity contribution is 0.287. The number of hydrogen-bond donors (Lipinski definition) is 1. The number of piperidine rings is 1. The number of aryl methyl sites for hydroxylation is 1. The molecule has 1 N–H and O–H groups in total. The molecule has 4 aromatic rings. The average Bonchev–Trinajstić information content (AvgIpc) is 3.53. The first-order chi connectivity index (χ1) is 18.8. The second-order valence-corrected chi connectivity index (χ2v) is 11.7. The van der Waals surface area contributed by atoms with Crippen LogP contribution in [0.4, 0.5) is 21.7 Å². The monoisotopic (exact) mass is 547 g/mol. The third-order valence-corrected chi connectivity index (χ3v) is 8.60. The number of rotatable bonds is 6. The molecule has 0 radical (unpaired) electrons. The molecule has 1 saturated carbocycles. The van der Waals surface area contributed by atoms with Gasteiger partial charge in [0.15, 0.2) is 5.82 Å². The molecule has 1 aliphatic heterocycles. The maximum absolute atomic E-state index is 14.3. The summed E-state index contributed by atoms with van der Waals surface area (Å²) in [6.07, 6.45) is 11.3. The molecular formula is C26H26FN9O2S. The van der Waals surface area contributed by atoms with E-state index in [1.807, 2.05) is 24.2 Å². The van der Waals surface area contributed by atoms with E-state index >= 15 is 0 Å². The first kappa shape index (κ1) is 25.0. The summed E-state index contributed by atoms with van der Waals surface area (Å²) in [6, 6.07) is 3.53. The average molecular weight is 548 g/mol. The van der Waals surface area contributed by atoms with Crippen LogP contribution in [-0.2, 0) is 17.1 Å². The summed E-state index contributed by atoms with van der Waals surface area (Å²) < 4.78 is 41.9. The predicted molar refractivity (Wildman–Crippen MR) is 144 cm³/mol. The van der Waals surface area contributed by atoms with Crippen molar-refractivity contribution in [2.24, 2.45) is 7.05 Å². The van der Waals surface area contributed by atoms with E-state index in [9.17, 15) is 12.8 Å². The van der Waals surface area contributed by atoms with Gasteiger partial charge in [0.2, 0.25) is 0 Å². The van der Waals surface area contributed by atoms with Crippen molar-refractivity contribution in [3.8, 4) is 23.2 Å². The van der Waals surface area contributed by atoms with Crippen molar-refractivity contribution >= 4 is 27.3 Å². The molecule has 2 fully saturated rings. The zero-order chi connectivity index (χ0) is 27.0. The largest absolute Gasteiger partial charge is 0.367 e. The Kier molecular flexibility index (Phi) is 6.48. The number of nitrogens with one attached hydrogen (secondary N) is 1. The van der Waals surface area contributed by atoms with Crippen LogP contribution in [0, 0.1) is 11.8 Å². The van der Waals surface area contributed by atoms with E-state index in [1.54, 1.807) is 29.3 Å². The summed E-state index contributed by atoms with van der Waals surface area (Å²) in [5, 5.41) is 11.0. The molecule has 6 rings (SSSR count). The summed E-state index contributed by atoms with van der Waals surface area (Å²) in [5.41, 5.74) is 2.73. The van der Waals surface area contributed by atoms with E-state index < -0.39 is 16.2 Å². The highest BCUT2D eigenvalue weighted by atomic mass is 32.2. The van der Waals surface area contributed by atoms with Crippen molar-refractivity contribution in [1.29, 1.82) is 0 Å². The first-order valence-corrected chi connectivity index (χ1v) is 14.1. The number of alkyl halides is 1. The maximum atomic E-state index is 14.3. The van der Waals surface area contributed by atoms with Crippen LogP contribution in [-0.4, -0.2) is 66.8 Å². The summed E-state index contributed by atoms with van der Waals surface area (Å²) in [5.74, 6) is 7.57. The Hall–Kier alpha value is -4.31. The Bertz CT molecular complexity index is 1680. The Morgan fingerprint density at radius 1 is 1.05 bits per heavy atom. The van der Waals surface area contributed by atoms with Gasteiger partial charge in [-0.2, -0.15) is 14.3 Å². The number of hydrogen-bond acceptors (Lipinski definition) is 9. The van der Waals surface area contributed by atoms with E-state index in [1.165, 1.54) is 12.4 Å². The van der Waals surface area contributed by atoms with Crippen LogP contribution in [0.1, 0.15) is 36.8 Å². The fraction of sp³-hybridized carbons (Fsp3) is 0.346. The van der Waals surface area contributed by atoms with Crippen LogP contribution in [0.2, 0.25) is 0 Å². The third kappa shape index (κ3) is 5.46. The van der Waals surface area contributed by atoms with Crippen LogP contribution in [0.15, 0.2) is 49.3 Å². The quantitative estimate of drug-likeness (QED) is 0.363. The molecule has 0 amide bonds. The van der Waals surface area contributed by atoms with Crippen molar-refractivity contribution in [2.75, 3.05) is 23.3 Å². The van der Waals surface area contributed by atoms with Gasteiger partial charge in [0.1, 0.15) is 17.8 Å². The Balaban J connectivity index is 1.27. The zero-order valence-electron chi connectivity index (χ0n) is 21.2. The lowest BCUT2D eigenvalue weighted by Gasteiger charge is -2.31. The van der Waals surface area contributed by atoms with Gasteiger partial charge in [0.05, 0.1) is 46.2 Å². The lowest BCUT2D eigenvalue weighted by Crippen LogP contribution is -2.36. The summed E-state index contributed by atoms with van der Waals surface area (Å²) in [7, 11) is -1.65. The molecule has 2 aliphatic rings. The van der Waals surface area contributed by atoms with Gasteiger partial charge in [0.25, 0.3) is 10.0 Å². The van der Waals surface area contributed by atoms with Gasteiger partial charge in [-0.3, -0.25) is 4.68 Å². The summed E-state index contributed by atoms with van der Waals surface area (Å²) >= 11 is 0. The van der Waals surface area contributed by atoms with Gasteiger partial charge in [-0.15, -0.1) is 0 Å². The van der Waals surface area contributed by atoms with Gasteiger partial charge in [-0.05, 0) is 31.7 Å². The van der Waals surface area contributed by atoms with E-state index in [4.69, 9.17) is 0 Å². The highest BCUT2D eigenvalue weighted by molar-refractivity contribution is 7.90. The van der Waals surface area contributed by atoms with Crippen LogP contribution >= 0.6 is 0 Å². The lowest BCUT2D eigenvalue weighted by atomic mass is 10.1. The second-order valence-electron chi connectivity index (χ2n) is 9.66. The number of halogens is 1. The summed E-state index contributed by atoms with van der Waals surface area (Å²) in [6.45, 7) is 1.01. The SMILES string of the molecule is Cn1cc(C#Cc2cnc(Nc3ccnc(-c4cnn(S(=O)(=O)C5CC5)c4)n3)cc2N2CCCC(F)C2)cn1. The Morgan fingerprint density at radius 3 is 2.69 bits per heavy atom. The van der Waals surface area contributed by atoms with Crippen LogP contribution in [0.25, 0.3) is 11.4 Å². The van der Waals surface area contributed by atoms with Crippen molar-refractivity contribution in [1.82, 2.24) is 33.9 Å². The van der Waals surface area contributed by atoms with Gasteiger partial charge in [0, 0.05) is 44.8 Å². The molecule has 0 spiro atoms. The minimum absolute atomic E-state index is 0.288. The van der Waals surface area contributed by atoms with Crippen LogP contribution < -0.4 is 10.2 Å². The van der Waals surface area contributed by atoms with Crippen LogP contribution in [0.3, 0.4) is 0 Å². The molecule has 0 bridgehead atoms. The van der Waals surface area contributed by atoms with E-state index in [0.717, 1.165) is 28.3 Å². The number of pyridine rings is 1. The van der Waals surface area contributed by atoms with E-state index in [-0.39, 0.29) is 11.8 Å². The zero-order valence-corrected chi connectivity index (χ0v) is 22.0. The van der Waals surface area contributed by atoms with Crippen molar-refractivity contribution in [2.45, 2.75) is 37.1 Å². The molecule has 11 nitrogen and oxygen atoms in total. The van der Waals surface area contributed by atoms with E-state index in [0.29, 0.717) is 47.8 Å². The smallest absolute Gasteiger partial charge is 0.256 e. The fourth-order valence-electron chi connectivity index (χ4n) is 4.42. The Morgan fingerprint density at radius 2 is 1.92 bits per heavy atom. The second kappa shape index (κ2) is 10.1. The predicted octanol–water partition coefficient (Wildman–Crippen LogP) is 2.89. The number of aromatic nitrogens is 7. The normalized spacial score (nSPS) is 17.5. The van der Waals surface area contributed by atoms with Crippen molar-refractivity contribution in [3.63, 3.8) is 0 Å². The molecule has 1 saturated heterocycles. The van der Waals surface area contributed by atoms with Gasteiger partial charge < -0.3 is 10.2 Å². The molecule has 200 valence electrons. The molecule has 39 heavy (non-hydrogen) atoms. The molecule has 4 aromatic heterocycles. The molecule has 1 unspecified atom stereocenters. The number of anilines is 3. The standard InChI is InChI=1S/C26H26FN9O2S/c1-34-15-18(12-30-34)4-5-19-13-29-25(11-23(19)35-10-2-3-21(27)17-35)32-24-8-9-28-26(33-24)20-14-31-36(16-20)39(37,38)22-6-7-22/h8-9,11-16,21-22H,2-3,6-7,10,17H2,1H3,(H,28,29,32,33). The third-order valence-electron chi connectivity index (χ3n) is 6.57.